The van der Waals surface area contributed by atoms with Crippen molar-refractivity contribution in [2.45, 2.75) is 18.0 Å². The smallest absolute Gasteiger partial charge is 0.475 e. The molecule has 4 rings (SSSR count). The fourth-order valence-corrected chi connectivity index (χ4v) is 2.47. The molecule has 1 saturated heterocycles. The maximum Gasteiger partial charge on any atom is 0.490 e. The number of pyridine rings is 1. The van der Waals surface area contributed by atoms with Gasteiger partial charge >= 0.3 is 18.3 Å². The first-order chi connectivity index (χ1) is 15.4. The van der Waals surface area contributed by atoms with E-state index >= 15 is 0 Å². The highest BCUT2D eigenvalue weighted by molar-refractivity contribution is 5.73. The molecule has 0 spiro atoms. The average molecular weight is 480 g/mol. The summed E-state index contributed by atoms with van der Waals surface area (Å²) in [5.41, 5.74) is -0.697. The molecule has 10 nitrogen and oxygen atoms in total. The summed E-state index contributed by atoms with van der Waals surface area (Å²) in [7, 11) is 0. The van der Waals surface area contributed by atoms with Crippen LogP contribution in [0.15, 0.2) is 41.3 Å². The van der Waals surface area contributed by atoms with Crippen LogP contribution in [0.1, 0.15) is 5.89 Å². The van der Waals surface area contributed by atoms with Gasteiger partial charge in [0, 0.05) is 37.2 Å². The number of rotatable bonds is 5. The van der Waals surface area contributed by atoms with Gasteiger partial charge in [-0.15, -0.1) is 0 Å². The molecule has 0 unspecified atom stereocenters. The zero-order chi connectivity index (χ0) is 24.3. The number of carbonyl (C=O) groups is 1. The highest BCUT2D eigenvalue weighted by Crippen LogP contribution is 2.32. The molecule has 0 radical (unpaired) electrons. The van der Waals surface area contributed by atoms with Crippen molar-refractivity contribution in [3.05, 3.63) is 42.7 Å². The summed E-state index contributed by atoms with van der Waals surface area (Å²) in [4.78, 5) is 17.3. The topological polar surface area (TPSA) is 128 Å². The van der Waals surface area contributed by atoms with Gasteiger partial charge in [0.05, 0.1) is 0 Å². The van der Waals surface area contributed by atoms with Crippen molar-refractivity contribution in [3.8, 4) is 17.2 Å². The molecule has 3 aromatic heterocycles. The second kappa shape index (κ2) is 9.14. The van der Waals surface area contributed by atoms with E-state index in [-0.39, 0.29) is 24.8 Å². The first kappa shape index (κ1) is 24.1. The lowest BCUT2D eigenvalue weighted by Gasteiger charge is -2.38. The Hall–Kier alpha value is -3.53. The minimum Gasteiger partial charge on any atom is -0.475 e. The molecule has 178 valence electrons. The number of nitrogens with zero attached hydrogens (tertiary/aromatic N) is 5. The summed E-state index contributed by atoms with van der Waals surface area (Å²) in [6.07, 6.45) is -4.60. The van der Waals surface area contributed by atoms with Crippen molar-refractivity contribution in [2.75, 3.05) is 19.7 Å². The predicted octanol–water partition coefficient (Wildman–Crippen LogP) is 2.33. The first-order valence-electron chi connectivity index (χ1n) is 8.92. The standard InChI is InChI=1S/C15H13F3N6O2.C2HF3O2/c16-15(17,18)9-25-14(7-19-8-14)13-22-12(23-26-13)10-2-3-11(20-6-10)24-5-1-4-21-24;3-2(4,5)1(6)7/h1-6,19H,7-9H2;(H,6,7). The number of hydrogen-bond acceptors (Lipinski definition) is 8. The number of carboxylic acid groups (broad SMARTS) is 1. The average Bonchev–Trinajstić information content (AvgIpc) is 3.39. The number of halogens is 6. The van der Waals surface area contributed by atoms with Gasteiger partial charge in [-0.05, 0) is 18.2 Å². The van der Waals surface area contributed by atoms with Crippen LogP contribution in [0.2, 0.25) is 0 Å². The lowest BCUT2D eigenvalue weighted by Crippen LogP contribution is -2.59. The zero-order valence-corrected chi connectivity index (χ0v) is 16.3. The van der Waals surface area contributed by atoms with Crippen LogP contribution in [0.5, 0.6) is 0 Å². The Morgan fingerprint density at radius 2 is 1.94 bits per heavy atom. The molecule has 1 fully saturated rings. The fourth-order valence-electron chi connectivity index (χ4n) is 2.47. The van der Waals surface area contributed by atoms with E-state index in [2.05, 4.69) is 25.5 Å². The molecule has 1 aliphatic rings. The fraction of sp³-hybridized carbons (Fsp3) is 0.353. The Morgan fingerprint density at radius 1 is 1.24 bits per heavy atom. The Balaban J connectivity index is 0.000000383. The van der Waals surface area contributed by atoms with E-state index in [0.717, 1.165) is 0 Å². The molecule has 16 heteroatoms. The molecule has 33 heavy (non-hydrogen) atoms. The highest BCUT2D eigenvalue weighted by atomic mass is 19.4. The molecular formula is C17H14F6N6O4. The second-order valence-electron chi connectivity index (χ2n) is 6.58. The van der Waals surface area contributed by atoms with Crippen molar-refractivity contribution in [2.24, 2.45) is 0 Å². The lowest BCUT2D eigenvalue weighted by molar-refractivity contribution is -0.222. The molecule has 0 atom stereocenters. The minimum absolute atomic E-state index is 0.00616. The van der Waals surface area contributed by atoms with Crippen LogP contribution in [-0.2, 0) is 15.1 Å². The maximum absolute atomic E-state index is 12.5. The van der Waals surface area contributed by atoms with E-state index in [0.29, 0.717) is 11.4 Å². The summed E-state index contributed by atoms with van der Waals surface area (Å²) in [6.45, 7) is -1.05. The van der Waals surface area contributed by atoms with Gasteiger partial charge in [-0.1, -0.05) is 5.16 Å². The van der Waals surface area contributed by atoms with E-state index in [1.807, 2.05) is 0 Å². The van der Waals surface area contributed by atoms with Gasteiger partial charge in [-0.2, -0.15) is 36.4 Å². The number of hydrogen-bond donors (Lipinski definition) is 2. The van der Waals surface area contributed by atoms with Crippen LogP contribution in [0, 0.1) is 0 Å². The van der Waals surface area contributed by atoms with Gasteiger partial charge in [-0.25, -0.2) is 14.5 Å². The van der Waals surface area contributed by atoms with Crippen molar-refractivity contribution < 1.29 is 45.5 Å². The third kappa shape index (κ3) is 6.04. The van der Waals surface area contributed by atoms with E-state index in [1.54, 1.807) is 35.3 Å². The Kier molecular flexibility index (Phi) is 6.68. The number of aliphatic carboxylic acids is 1. The summed E-state index contributed by atoms with van der Waals surface area (Å²) in [5, 5.41) is 17.9. The minimum atomic E-state index is -5.08. The SMILES string of the molecule is FC(F)(F)COC1(c2nc(-c3ccc(-n4cccn4)nc3)no2)CNC1.O=C(O)C(F)(F)F. The summed E-state index contributed by atoms with van der Waals surface area (Å²) < 4.78 is 80.9. The summed E-state index contributed by atoms with van der Waals surface area (Å²) >= 11 is 0. The monoisotopic (exact) mass is 480 g/mol. The molecule has 4 heterocycles. The Labute approximate surface area is 180 Å². The van der Waals surface area contributed by atoms with Crippen LogP contribution in [0.25, 0.3) is 17.2 Å². The number of ether oxygens (including phenoxy) is 1. The van der Waals surface area contributed by atoms with Gasteiger partial charge < -0.3 is 19.7 Å². The van der Waals surface area contributed by atoms with Crippen molar-refractivity contribution in [3.63, 3.8) is 0 Å². The number of carboxylic acids is 1. The van der Waals surface area contributed by atoms with Gasteiger partial charge in [0.2, 0.25) is 5.82 Å². The number of alkyl halides is 6. The lowest BCUT2D eigenvalue weighted by atomic mass is 9.97. The van der Waals surface area contributed by atoms with Gasteiger partial charge in [-0.3, -0.25) is 0 Å². The molecule has 0 saturated carbocycles. The van der Waals surface area contributed by atoms with Crippen molar-refractivity contribution >= 4 is 5.97 Å². The Morgan fingerprint density at radius 3 is 2.39 bits per heavy atom. The second-order valence-corrected chi connectivity index (χ2v) is 6.58. The third-order valence-electron chi connectivity index (χ3n) is 4.14. The molecule has 3 aromatic rings. The van der Waals surface area contributed by atoms with Crippen LogP contribution in [0.3, 0.4) is 0 Å². The number of aromatic nitrogens is 5. The largest absolute Gasteiger partial charge is 0.490 e. The van der Waals surface area contributed by atoms with Crippen molar-refractivity contribution in [1.29, 1.82) is 0 Å². The van der Waals surface area contributed by atoms with E-state index < -0.39 is 30.5 Å². The van der Waals surface area contributed by atoms with Gasteiger partial charge in [0.15, 0.2) is 11.4 Å². The highest BCUT2D eigenvalue weighted by Gasteiger charge is 2.48. The van der Waals surface area contributed by atoms with E-state index in [4.69, 9.17) is 19.2 Å². The molecule has 0 amide bonds. The van der Waals surface area contributed by atoms with Gasteiger partial charge in [0.25, 0.3) is 5.89 Å². The molecule has 0 aliphatic carbocycles. The third-order valence-corrected chi connectivity index (χ3v) is 4.14. The summed E-state index contributed by atoms with van der Waals surface area (Å²) in [6, 6.07) is 5.22. The van der Waals surface area contributed by atoms with Crippen LogP contribution < -0.4 is 5.32 Å². The van der Waals surface area contributed by atoms with E-state index in [9.17, 15) is 26.3 Å². The predicted molar refractivity (Wildman–Crippen MR) is 94.9 cm³/mol. The zero-order valence-electron chi connectivity index (χ0n) is 16.3. The first-order valence-corrected chi connectivity index (χ1v) is 8.92. The molecule has 0 bridgehead atoms. The van der Waals surface area contributed by atoms with Crippen molar-refractivity contribution in [1.82, 2.24) is 30.2 Å². The Bertz CT molecular complexity index is 1060. The normalized spacial score (nSPS) is 15.3. The maximum atomic E-state index is 12.5. The summed E-state index contributed by atoms with van der Waals surface area (Å²) in [5.74, 6) is -1.92. The molecular weight excluding hydrogens is 466 g/mol. The quantitative estimate of drug-likeness (QED) is 0.529. The van der Waals surface area contributed by atoms with Gasteiger partial charge in [0.1, 0.15) is 6.61 Å². The molecule has 1 aliphatic heterocycles. The van der Waals surface area contributed by atoms with E-state index in [1.165, 1.54) is 6.20 Å². The molecule has 0 aromatic carbocycles. The van der Waals surface area contributed by atoms with Crippen LogP contribution in [0.4, 0.5) is 26.3 Å². The van der Waals surface area contributed by atoms with Crippen LogP contribution in [-0.4, -0.2) is 68.0 Å². The molecule has 2 N–H and O–H groups in total. The van der Waals surface area contributed by atoms with Crippen LogP contribution >= 0.6 is 0 Å². The number of nitrogens with one attached hydrogen (secondary N) is 1.